The molecule has 0 fully saturated rings. The Balaban J connectivity index is 2.14. The van der Waals surface area contributed by atoms with Crippen LogP contribution in [0.1, 0.15) is 12.8 Å². The van der Waals surface area contributed by atoms with Crippen molar-refractivity contribution in [2.24, 2.45) is 11.8 Å². The fourth-order valence-corrected chi connectivity index (χ4v) is 2.91. The molecule has 0 aliphatic heterocycles. The topological polar surface area (TPSA) is 66.4 Å². The van der Waals surface area contributed by atoms with Gasteiger partial charge in [-0.25, -0.2) is 0 Å². The summed E-state index contributed by atoms with van der Waals surface area (Å²) in [5.74, 6) is -2.52. The van der Waals surface area contributed by atoms with Crippen molar-refractivity contribution >= 4 is 45.1 Å². The molecule has 1 aromatic carbocycles. The van der Waals surface area contributed by atoms with Gasteiger partial charge in [0.1, 0.15) is 0 Å². The van der Waals surface area contributed by atoms with Crippen LogP contribution in [0, 0.1) is 11.8 Å². The van der Waals surface area contributed by atoms with Crippen LogP contribution in [0.25, 0.3) is 0 Å². The molecule has 106 valence electrons. The van der Waals surface area contributed by atoms with Gasteiger partial charge in [-0.15, -0.1) is 0 Å². The van der Waals surface area contributed by atoms with Gasteiger partial charge in [0.2, 0.25) is 5.91 Å². The molecule has 0 aromatic heterocycles. The van der Waals surface area contributed by atoms with Crippen molar-refractivity contribution in [2.45, 2.75) is 12.8 Å². The molecule has 0 unspecified atom stereocenters. The highest BCUT2D eigenvalue weighted by Gasteiger charge is 2.34. The highest BCUT2D eigenvalue weighted by atomic mass is 79.9. The van der Waals surface area contributed by atoms with Crippen LogP contribution in [-0.4, -0.2) is 17.0 Å². The predicted molar refractivity (Wildman–Crippen MR) is 80.8 cm³/mol. The molecule has 1 aromatic rings. The number of carboxylic acid groups (broad SMARTS) is 1. The van der Waals surface area contributed by atoms with Crippen LogP contribution in [0.3, 0.4) is 0 Å². The first-order valence-corrected chi connectivity index (χ1v) is 7.30. The molecule has 4 nitrogen and oxygen atoms in total. The minimum absolute atomic E-state index is 0.314. The lowest BCUT2D eigenvalue weighted by Crippen LogP contribution is -2.34. The van der Waals surface area contributed by atoms with Gasteiger partial charge in [0.05, 0.1) is 22.5 Å². The standard InChI is InChI=1S/C14H13BrClNO3/c15-8-5-6-12(11(16)7-8)17-13(18)9-3-1-2-4-10(9)14(19)20/h1-2,5-7,9-10H,3-4H2,(H,17,18)(H,19,20)/t9-,10+/m0/s1. The molecule has 0 bridgehead atoms. The molecule has 1 amide bonds. The monoisotopic (exact) mass is 357 g/mol. The van der Waals surface area contributed by atoms with E-state index in [2.05, 4.69) is 21.2 Å². The first kappa shape index (κ1) is 15.1. The summed E-state index contributed by atoms with van der Waals surface area (Å²) in [5.41, 5.74) is 0.485. The molecule has 2 rings (SSSR count). The number of allylic oxidation sites excluding steroid dienone is 2. The van der Waals surface area contributed by atoms with Crippen molar-refractivity contribution < 1.29 is 14.7 Å². The Bertz CT molecular complexity index is 574. The normalized spacial score (nSPS) is 21.5. The van der Waals surface area contributed by atoms with Crippen molar-refractivity contribution in [3.05, 3.63) is 39.8 Å². The molecule has 0 heterocycles. The fraction of sp³-hybridized carbons (Fsp3) is 0.286. The van der Waals surface area contributed by atoms with Crippen LogP contribution in [0.4, 0.5) is 5.69 Å². The van der Waals surface area contributed by atoms with Crippen molar-refractivity contribution in [1.82, 2.24) is 0 Å². The Morgan fingerprint density at radius 3 is 2.50 bits per heavy atom. The zero-order valence-electron chi connectivity index (χ0n) is 10.5. The molecule has 0 spiro atoms. The van der Waals surface area contributed by atoms with Crippen molar-refractivity contribution in [3.8, 4) is 0 Å². The maximum Gasteiger partial charge on any atom is 0.307 e. The van der Waals surface area contributed by atoms with Crippen molar-refractivity contribution in [3.63, 3.8) is 0 Å². The lowest BCUT2D eigenvalue weighted by molar-refractivity contribution is -0.146. The van der Waals surface area contributed by atoms with Gasteiger partial charge in [-0.3, -0.25) is 9.59 Å². The van der Waals surface area contributed by atoms with Gasteiger partial charge in [-0.1, -0.05) is 39.7 Å². The Kier molecular flexibility index (Phi) is 4.83. The van der Waals surface area contributed by atoms with E-state index in [9.17, 15) is 9.59 Å². The minimum atomic E-state index is -0.948. The van der Waals surface area contributed by atoms with Crippen LogP contribution < -0.4 is 5.32 Å². The number of hydrogen-bond acceptors (Lipinski definition) is 2. The average Bonchev–Trinajstić information content (AvgIpc) is 2.41. The SMILES string of the molecule is O=C(Nc1ccc(Br)cc1Cl)[C@H]1CC=CC[C@H]1C(=O)O. The summed E-state index contributed by atoms with van der Waals surface area (Å²) in [4.78, 5) is 23.4. The van der Waals surface area contributed by atoms with E-state index in [-0.39, 0.29) is 5.91 Å². The molecule has 1 aliphatic rings. The van der Waals surface area contributed by atoms with Crippen LogP contribution in [0.2, 0.25) is 5.02 Å². The number of nitrogens with one attached hydrogen (secondary N) is 1. The summed E-state index contributed by atoms with van der Waals surface area (Å²) < 4.78 is 0.810. The Morgan fingerprint density at radius 2 is 1.90 bits per heavy atom. The van der Waals surface area contributed by atoms with E-state index in [0.717, 1.165) is 4.47 Å². The highest BCUT2D eigenvalue weighted by Crippen LogP contribution is 2.30. The number of benzene rings is 1. The number of carboxylic acids is 1. The second-order valence-corrected chi connectivity index (χ2v) is 5.93. The first-order valence-electron chi connectivity index (χ1n) is 6.12. The first-order chi connectivity index (χ1) is 9.49. The number of carbonyl (C=O) groups is 2. The van der Waals surface area contributed by atoms with Gasteiger partial charge >= 0.3 is 5.97 Å². The second kappa shape index (κ2) is 6.41. The molecule has 2 atom stereocenters. The van der Waals surface area contributed by atoms with Gasteiger partial charge in [0, 0.05) is 4.47 Å². The molecule has 20 heavy (non-hydrogen) atoms. The van der Waals surface area contributed by atoms with E-state index in [4.69, 9.17) is 16.7 Å². The van der Waals surface area contributed by atoms with Crippen LogP contribution in [0.15, 0.2) is 34.8 Å². The molecule has 2 N–H and O–H groups in total. The lowest BCUT2D eigenvalue weighted by Gasteiger charge is -2.24. The van der Waals surface area contributed by atoms with Crippen molar-refractivity contribution in [2.75, 3.05) is 5.32 Å². The van der Waals surface area contributed by atoms with Crippen LogP contribution in [-0.2, 0) is 9.59 Å². The summed E-state index contributed by atoms with van der Waals surface area (Å²) in [7, 11) is 0. The number of hydrogen-bond donors (Lipinski definition) is 2. The molecule has 0 saturated heterocycles. The third-order valence-corrected chi connectivity index (χ3v) is 4.08. The summed E-state index contributed by atoms with van der Waals surface area (Å²) in [6, 6.07) is 5.11. The molecule has 0 saturated carbocycles. The largest absolute Gasteiger partial charge is 0.481 e. The Morgan fingerprint density at radius 1 is 1.25 bits per heavy atom. The number of carbonyl (C=O) groups excluding carboxylic acids is 1. The predicted octanol–water partition coefficient (Wildman–Crippen LogP) is 3.71. The molecular weight excluding hydrogens is 346 g/mol. The molecule has 1 aliphatic carbocycles. The van der Waals surface area contributed by atoms with E-state index in [1.807, 2.05) is 6.08 Å². The number of anilines is 1. The highest BCUT2D eigenvalue weighted by molar-refractivity contribution is 9.10. The smallest absolute Gasteiger partial charge is 0.307 e. The number of rotatable bonds is 3. The van der Waals surface area contributed by atoms with E-state index in [1.54, 1.807) is 24.3 Å². The summed E-state index contributed by atoms with van der Waals surface area (Å²) in [6.45, 7) is 0. The van der Waals surface area contributed by atoms with E-state index in [0.29, 0.717) is 23.6 Å². The summed E-state index contributed by atoms with van der Waals surface area (Å²) in [6.07, 6.45) is 4.44. The van der Waals surface area contributed by atoms with Crippen molar-refractivity contribution in [1.29, 1.82) is 0 Å². The summed E-state index contributed by atoms with van der Waals surface area (Å²) in [5, 5.41) is 12.3. The Hall–Kier alpha value is -1.33. The van der Waals surface area contributed by atoms with E-state index >= 15 is 0 Å². The van der Waals surface area contributed by atoms with Gasteiger partial charge < -0.3 is 10.4 Å². The van der Waals surface area contributed by atoms with Gasteiger partial charge in [-0.2, -0.15) is 0 Å². The Labute approximate surface area is 129 Å². The molecule has 6 heteroatoms. The average molecular weight is 359 g/mol. The molecule has 0 radical (unpaired) electrons. The summed E-state index contributed by atoms with van der Waals surface area (Å²) >= 11 is 9.32. The number of aliphatic carboxylic acids is 1. The van der Waals surface area contributed by atoms with E-state index < -0.39 is 17.8 Å². The third kappa shape index (κ3) is 3.41. The maximum atomic E-state index is 12.2. The zero-order valence-corrected chi connectivity index (χ0v) is 12.8. The van der Waals surface area contributed by atoms with Gasteiger partial charge in [-0.05, 0) is 31.0 Å². The second-order valence-electron chi connectivity index (χ2n) is 4.61. The number of amides is 1. The van der Waals surface area contributed by atoms with Gasteiger partial charge in [0.25, 0.3) is 0 Å². The van der Waals surface area contributed by atoms with Gasteiger partial charge in [0.15, 0.2) is 0 Å². The minimum Gasteiger partial charge on any atom is -0.481 e. The van der Waals surface area contributed by atoms with Crippen LogP contribution in [0.5, 0.6) is 0 Å². The van der Waals surface area contributed by atoms with Crippen LogP contribution >= 0.6 is 27.5 Å². The third-order valence-electron chi connectivity index (χ3n) is 3.28. The molecular formula is C14H13BrClNO3. The maximum absolute atomic E-state index is 12.2. The quantitative estimate of drug-likeness (QED) is 0.810. The lowest BCUT2D eigenvalue weighted by atomic mass is 9.82. The fourth-order valence-electron chi connectivity index (χ4n) is 2.19. The van der Waals surface area contributed by atoms with E-state index in [1.165, 1.54) is 0 Å². The zero-order chi connectivity index (χ0) is 14.7. The number of halogens is 2.